The van der Waals surface area contributed by atoms with Gasteiger partial charge >= 0.3 is 0 Å². The van der Waals surface area contributed by atoms with Gasteiger partial charge in [0.25, 0.3) is 0 Å². The molecular formula is C26H32N2O5. The van der Waals surface area contributed by atoms with Gasteiger partial charge in [0.2, 0.25) is 11.8 Å². The van der Waals surface area contributed by atoms with Crippen LogP contribution >= 0.6 is 0 Å². The summed E-state index contributed by atoms with van der Waals surface area (Å²) in [7, 11) is 3.13. The van der Waals surface area contributed by atoms with Gasteiger partial charge in [-0.15, -0.1) is 0 Å². The molecule has 176 valence electrons. The molecule has 0 aliphatic heterocycles. The zero-order valence-corrected chi connectivity index (χ0v) is 19.6. The van der Waals surface area contributed by atoms with Crippen LogP contribution in [0.3, 0.4) is 0 Å². The number of benzene rings is 2. The predicted octanol–water partition coefficient (Wildman–Crippen LogP) is 3.95. The summed E-state index contributed by atoms with van der Waals surface area (Å²) in [6.07, 6.45) is 5.98. The lowest BCUT2D eigenvalue weighted by Gasteiger charge is -2.20. The molecule has 1 unspecified atom stereocenters. The molecule has 0 bridgehead atoms. The fraction of sp³-hybridized carbons (Fsp3) is 0.346. The molecule has 2 amide bonds. The van der Waals surface area contributed by atoms with Crippen molar-refractivity contribution in [3.05, 3.63) is 58.7 Å². The number of nitrogens with two attached hydrogens (primary N) is 1. The number of ketones is 1. The number of hydrogen-bond acceptors (Lipinski definition) is 5. The first-order valence-electron chi connectivity index (χ1n) is 10.9. The molecule has 0 saturated carbocycles. The highest BCUT2D eigenvalue weighted by molar-refractivity contribution is 5.99. The van der Waals surface area contributed by atoms with E-state index in [1.807, 2.05) is 31.2 Å². The summed E-state index contributed by atoms with van der Waals surface area (Å²) < 4.78 is 10.6. The molecule has 7 nitrogen and oxygen atoms in total. The average molecular weight is 453 g/mol. The molecule has 0 spiro atoms. The first-order valence-corrected chi connectivity index (χ1v) is 10.9. The van der Waals surface area contributed by atoms with Gasteiger partial charge in [-0.1, -0.05) is 50.1 Å². The minimum absolute atomic E-state index is 0.0661. The zero-order chi connectivity index (χ0) is 24.4. The summed E-state index contributed by atoms with van der Waals surface area (Å²) in [5.41, 5.74) is 8.13. The number of hydrogen-bond donors (Lipinski definition) is 2. The maximum absolute atomic E-state index is 13.0. The Bertz CT molecular complexity index is 1030. The summed E-state index contributed by atoms with van der Waals surface area (Å²) in [5, 5.41) is 2.59. The van der Waals surface area contributed by atoms with E-state index in [-0.39, 0.29) is 18.2 Å². The highest BCUT2D eigenvalue weighted by Crippen LogP contribution is 2.31. The third-order valence-corrected chi connectivity index (χ3v) is 5.38. The number of primary amides is 1. The van der Waals surface area contributed by atoms with Gasteiger partial charge in [0.1, 0.15) is 0 Å². The maximum atomic E-state index is 13.0. The summed E-state index contributed by atoms with van der Waals surface area (Å²) in [6, 6.07) is 10.7. The third-order valence-electron chi connectivity index (χ3n) is 5.38. The van der Waals surface area contributed by atoms with Crippen LogP contribution in [0.2, 0.25) is 0 Å². The molecule has 0 aliphatic carbocycles. The molecule has 0 fully saturated rings. The van der Waals surface area contributed by atoms with E-state index in [4.69, 9.17) is 15.2 Å². The summed E-state index contributed by atoms with van der Waals surface area (Å²) in [5.74, 6) is -0.239. The second-order valence-corrected chi connectivity index (χ2v) is 7.69. The fourth-order valence-corrected chi connectivity index (χ4v) is 3.66. The molecule has 0 radical (unpaired) electrons. The van der Waals surface area contributed by atoms with Crippen LogP contribution in [-0.2, 0) is 9.59 Å². The first kappa shape index (κ1) is 25.6. The molecule has 2 aromatic rings. The van der Waals surface area contributed by atoms with Gasteiger partial charge in [0.15, 0.2) is 17.3 Å². The Labute approximate surface area is 195 Å². The fourth-order valence-electron chi connectivity index (χ4n) is 3.66. The minimum Gasteiger partial charge on any atom is -0.493 e. The molecule has 0 saturated heterocycles. The van der Waals surface area contributed by atoms with Crippen LogP contribution in [0.1, 0.15) is 66.1 Å². The topological polar surface area (TPSA) is 108 Å². The van der Waals surface area contributed by atoms with Crippen molar-refractivity contribution in [3.8, 4) is 11.5 Å². The number of methoxy groups -OCH3 is 2. The smallest absolute Gasteiger partial charge is 0.249 e. The molecule has 0 aliphatic rings. The van der Waals surface area contributed by atoms with Gasteiger partial charge in [0, 0.05) is 18.4 Å². The molecule has 33 heavy (non-hydrogen) atoms. The van der Waals surface area contributed by atoms with Crippen molar-refractivity contribution in [1.29, 1.82) is 0 Å². The number of rotatable bonds is 12. The van der Waals surface area contributed by atoms with Crippen molar-refractivity contribution in [2.45, 2.75) is 39.0 Å². The van der Waals surface area contributed by atoms with Crippen molar-refractivity contribution in [2.24, 2.45) is 5.73 Å². The number of carbonyl (C=O) groups is 3. The van der Waals surface area contributed by atoms with Crippen molar-refractivity contribution < 1.29 is 23.9 Å². The van der Waals surface area contributed by atoms with E-state index in [1.54, 1.807) is 38.5 Å². The summed E-state index contributed by atoms with van der Waals surface area (Å²) >= 11 is 0. The van der Waals surface area contributed by atoms with Crippen molar-refractivity contribution in [2.75, 3.05) is 20.8 Å². The molecule has 2 aromatic carbocycles. The molecule has 3 N–H and O–H groups in total. The minimum atomic E-state index is -0.577. The Balaban J connectivity index is 2.54. The number of amides is 2. The van der Waals surface area contributed by atoms with Crippen LogP contribution in [-0.4, -0.2) is 38.4 Å². The Hall–Kier alpha value is -3.61. The number of ether oxygens (including phenoxy) is 2. The van der Waals surface area contributed by atoms with Crippen molar-refractivity contribution >= 4 is 29.7 Å². The normalized spacial score (nSPS) is 11.8. The highest BCUT2D eigenvalue weighted by Gasteiger charge is 2.24. The van der Waals surface area contributed by atoms with Gasteiger partial charge < -0.3 is 20.5 Å². The zero-order valence-electron chi connectivity index (χ0n) is 19.6. The van der Waals surface area contributed by atoms with Crippen LogP contribution in [0.15, 0.2) is 36.4 Å². The summed E-state index contributed by atoms with van der Waals surface area (Å²) in [6.45, 7) is 3.36. The van der Waals surface area contributed by atoms with E-state index in [0.29, 0.717) is 34.6 Å². The number of carbonyl (C=O) groups excluding carboxylic acids is 3. The SMILES string of the molecule is CCCCC(C(=O)CNC(C)=O)c1cccc(C(N)=O)c1C=Cc1ccc(OC)c(OC)c1. The lowest BCUT2D eigenvalue weighted by molar-refractivity contribution is -0.124. The Morgan fingerprint density at radius 1 is 1.06 bits per heavy atom. The first-order chi connectivity index (χ1) is 15.8. The number of Topliss-reactive ketones (excluding diaryl/α,β-unsaturated/α-hetero) is 1. The van der Waals surface area contributed by atoms with E-state index in [0.717, 1.165) is 18.4 Å². The molecule has 0 aromatic heterocycles. The standard InChI is InChI=1S/C26H32N2O5/c1-5-6-8-21(23(30)16-28-17(2)29)19-9-7-10-22(26(27)31)20(19)13-11-18-12-14-24(32-3)25(15-18)33-4/h7,9-15,21H,5-6,8,16H2,1-4H3,(H2,27,31)(H,28,29). The van der Waals surface area contributed by atoms with Gasteiger partial charge in [-0.2, -0.15) is 0 Å². The molecule has 7 heteroatoms. The highest BCUT2D eigenvalue weighted by atomic mass is 16.5. The molecule has 1 atom stereocenters. The lowest BCUT2D eigenvalue weighted by atomic mass is 9.84. The van der Waals surface area contributed by atoms with Crippen LogP contribution in [0, 0.1) is 0 Å². The monoisotopic (exact) mass is 452 g/mol. The van der Waals surface area contributed by atoms with Crippen LogP contribution in [0.5, 0.6) is 11.5 Å². The van der Waals surface area contributed by atoms with Crippen LogP contribution < -0.4 is 20.5 Å². The molecule has 2 rings (SSSR count). The second-order valence-electron chi connectivity index (χ2n) is 7.69. The largest absolute Gasteiger partial charge is 0.493 e. The van der Waals surface area contributed by atoms with Gasteiger partial charge in [-0.05, 0) is 41.3 Å². The maximum Gasteiger partial charge on any atom is 0.249 e. The van der Waals surface area contributed by atoms with Crippen LogP contribution in [0.4, 0.5) is 0 Å². The average Bonchev–Trinajstić information content (AvgIpc) is 2.81. The Morgan fingerprint density at radius 3 is 2.39 bits per heavy atom. The van der Waals surface area contributed by atoms with Gasteiger partial charge in [0.05, 0.1) is 20.8 Å². The quantitative estimate of drug-likeness (QED) is 0.474. The predicted molar refractivity (Wildman–Crippen MR) is 129 cm³/mol. The van der Waals surface area contributed by atoms with Crippen LogP contribution in [0.25, 0.3) is 12.2 Å². The summed E-state index contributed by atoms with van der Waals surface area (Å²) in [4.78, 5) is 36.6. The van der Waals surface area contributed by atoms with Gasteiger partial charge in [-0.25, -0.2) is 0 Å². The van der Waals surface area contributed by atoms with E-state index < -0.39 is 11.8 Å². The van der Waals surface area contributed by atoms with E-state index in [2.05, 4.69) is 5.32 Å². The molecular weight excluding hydrogens is 420 g/mol. The molecule has 0 heterocycles. The Morgan fingerprint density at radius 2 is 1.79 bits per heavy atom. The van der Waals surface area contributed by atoms with Crippen molar-refractivity contribution in [3.63, 3.8) is 0 Å². The van der Waals surface area contributed by atoms with E-state index >= 15 is 0 Å². The van der Waals surface area contributed by atoms with E-state index in [1.165, 1.54) is 6.92 Å². The Kier molecular flexibility index (Phi) is 9.66. The number of nitrogens with one attached hydrogen (secondary N) is 1. The number of unbranched alkanes of at least 4 members (excludes halogenated alkanes) is 1. The van der Waals surface area contributed by atoms with Gasteiger partial charge in [-0.3, -0.25) is 14.4 Å². The second kappa shape index (κ2) is 12.4. The third kappa shape index (κ3) is 6.94. The van der Waals surface area contributed by atoms with Crippen molar-refractivity contribution in [1.82, 2.24) is 5.32 Å². The van der Waals surface area contributed by atoms with E-state index in [9.17, 15) is 14.4 Å². The lowest BCUT2D eigenvalue weighted by Crippen LogP contribution is -2.31.